The highest BCUT2D eigenvalue weighted by atomic mass is 16.7. The van der Waals surface area contributed by atoms with E-state index in [1.165, 1.54) is 5.56 Å². The van der Waals surface area contributed by atoms with Gasteiger partial charge in [-0.3, -0.25) is 9.88 Å². The lowest BCUT2D eigenvalue weighted by Gasteiger charge is -2.38. The molecule has 40 heavy (non-hydrogen) atoms. The molecule has 1 atom stereocenters. The highest BCUT2D eigenvalue weighted by Gasteiger charge is 2.51. The quantitative estimate of drug-likeness (QED) is 0.472. The number of H-pyrrole nitrogens is 1. The first kappa shape index (κ1) is 28.6. The lowest BCUT2D eigenvalue weighted by Crippen LogP contribution is -2.50. The number of benzene rings is 1. The van der Waals surface area contributed by atoms with Gasteiger partial charge in [0.25, 0.3) is 0 Å². The van der Waals surface area contributed by atoms with Gasteiger partial charge in [-0.05, 0) is 90.7 Å². The van der Waals surface area contributed by atoms with E-state index in [4.69, 9.17) is 19.0 Å². The molecular weight excluding hydrogens is 505 g/mol. The molecule has 0 aliphatic carbocycles. The highest BCUT2D eigenvalue weighted by molar-refractivity contribution is 6.62. The fraction of sp³-hybridized carbons (Fsp3) is 0.567. The summed E-state index contributed by atoms with van der Waals surface area (Å²) in [4.78, 5) is 29.5. The number of fused-ring (bicyclic) bond motifs is 1. The van der Waals surface area contributed by atoms with Crippen LogP contribution in [-0.4, -0.2) is 80.9 Å². The average Bonchev–Trinajstić information content (AvgIpc) is 3.37. The zero-order valence-corrected chi connectivity index (χ0v) is 25.1. The maximum atomic E-state index is 12.4. The van der Waals surface area contributed by atoms with E-state index in [9.17, 15) is 4.79 Å². The summed E-state index contributed by atoms with van der Waals surface area (Å²) < 4.78 is 18.0. The van der Waals surface area contributed by atoms with Crippen LogP contribution in [0.3, 0.4) is 0 Å². The Balaban J connectivity index is 1.23. The minimum absolute atomic E-state index is 0.209. The summed E-state index contributed by atoms with van der Waals surface area (Å²) in [6.45, 7) is 19.1. The topological polar surface area (TPSA) is 92.8 Å². The maximum Gasteiger partial charge on any atom is 0.494 e. The predicted molar refractivity (Wildman–Crippen MR) is 157 cm³/mol. The van der Waals surface area contributed by atoms with Gasteiger partial charge in [0.2, 0.25) is 0 Å². The summed E-state index contributed by atoms with van der Waals surface area (Å²) >= 11 is 0. The van der Waals surface area contributed by atoms with Crippen LogP contribution in [0.15, 0.2) is 36.5 Å². The Hall–Kier alpha value is -2.95. The van der Waals surface area contributed by atoms with Crippen LogP contribution in [0, 0.1) is 0 Å². The number of aromatic nitrogens is 3. The van der Waals surface area contributed by atoms with Gasteiger partial charge in [0, 0.05) is 50.5 Å². The first-order valence-corrected chi connectivity index (χ1v) is 14.2. The SMILES string of the molecule is CC(c1ccnc(Cc2nc3ccc(B4OC(C)(C)C(C)(C)O4)cc3[nH]2)c1)N1CCN(C(=O)OC(C)(C)C)CC1. The zero-order valence-electron chi connectivity index (χ0n) is 25.1. The van der Waals surface area contributed by atoms with Gasteiger partial charge in [0.15, 0.2) is 0 Å². The number of pyridine rings is 1. The van der Waals surface area contributed by atoms with E-state index in [0.29, 0.717) is 19.5 Å². The van der Waals surface area contributed by atoms with Crippen molar-refractivity contribution >= 4 is 29.7 Å². The number of hydrogen-bond donors (Lipinski definition) is 1. The van der Waals surface area contributed by atoms with Gasteiger partial charge in [-0.1, -0.05) is 6.07 Å². The van der Waals surface area contributed by atoms with E-state index < -0.39 is 12.7 Å². The monoisotopic (exact) mass is 547 g/mol. The number of carbonyl (C=O) groups excluding carboxylic acids is 1. The second-order valence-electron chi connectivity index (χ2n) is 13.0. The van der Waals surface area contributed by atoms with Crippen molar-refractivity contribution in [3.8, 4) is 0 Å². The van der Waals surface area contributed by atoms with Crippen LogP contribution >= 0.6 is 0 Å². The predicted octanol–water partition coefficient (Wildman–Crippen LogP) is 4.46. The number of aromatic amines is 1. The molecule has 1 N–H and O–H groups in total. The summed E-state index contributed by atoms with van der Waals surface area (Å²) in [6, 6.07) is 10.5. The van der Waals surface area contributed by atoms with Gasteiger partial charge >= 0.3 is 13.2 Å². The summed E-state index contributed by atoms with van der Waals surface area (Å²) in [5.74, 6) is 0.865. The van der Waals surface area contributed by atoms with Crippen molar-refractivity contribution in [2.24, 2.45) is 0 Å². The number of rotatable bonds is 5. The number of carbonyl (C=O) groups is 1. The molecule has 2 saturated heterocycles. The maximum absolute atomic E-state index is 12.4. The normalized spacial score (nSPS) is 20.2. The van der Waals surface area contributed by atoms with Gasteiger partial charge in [0.1, 0.15) is 11.4 Å². The number of ether oxygens (including phenoxy) is 1. The Morgan fingerprint density at radius 1 is 1.07 bits per heavy atom. The van der Waals surface area contributed by atoms with E-state index in [1.54, 1.807) is 4.90 Å². The molecule has 10 heteroatoms. The lowest BCUT2D eigenvalue weighted by atomic mass is 9.79. The smallest absolute Gasteiger partial charge is 0.444 e. The number of piperazine rings is 1. The molecule has 0 spiro atoms. The molecule has 5 rings (SSSR count). The molecule has 1 amide bonds. The minimum Gasteiger partial charge on any atom is -0.444 e. The molecule has 3 aromatic rings. The average molecular weight is 548 g/mol. The van der Waals surface area contributed by atoms with Crippen molar-refractivity contribution in [1.82, 2.24) is 24.8 Å². The third kappa shape index (κ3) is 6.04. The molecule has 2 aliphatic heterocycles. The van der Waals surface area contributed by atoms with Gasteiger partial charge in [-0.2, -0.15) is 0 Å². The first-order valence-electron chi connectivity index (χ1n) is 14.2. The molecule has 2 aliphatic rings. The third-order valence-electron chi connectivity index (χ3n) is 8.27. The van der Waals surface area contributed by atoms with Gasteiger partial charge in [-0.25, -0.2) is 9.78 Å². The zero-order chi connectivity index (χ0) is 28.9. The van der Waals surface area contributed by atoms with Gasteiger partial charge in [0.05, 0.1) is 22.2 Å². The van der Waals surface area contributed by atoms with E-state index >= 15 is 0 Å². The van der Waals surface area contributed by atoms with E-state index in [1.807, 2.05) is 39.1 Å². The Kier molecular flexibility index (Phi) is 7.48. The number of hydrogen-bond acceptors (Lipinski definition) is 7. The van der Waals surface area contributed by atoms with E-state index in [-0.39, 0.29) is 23.3 Å². The molecular formula is C30H42BN5O4. The third-order valence-corrected chi connectivity index (χ3v) is 8.27. The first-order chi connectivity index (χ1) is 18.7. The van der Waals surface area contributed by atoms with Crippen LogP contribution in [0.25, 0.3) is 11.0 Å². The van der Waals surface area contributed by atoms with E-state index in [2.05, 4.69) is 67.7 Å². The molecule has 0 saturated carbocycles. The molecule has 214 valence electrons. The number of imidazole rings is 1. The van der Waals surface area contributed by atoms with Crippen molar-refractivity contribution in [1.29, 1.82) is 0 Å². The van der Waals surface area contributed by atoms with Crippen molar-refractivity contribution in [3.05, 3.63) is 53.6 Å². The fourth-order valence-corrected chi connectivity index (χ4v) is 5.14. The molecule has 4 heterocycles. The van der Waals surface area contributed by atoms with Crippen molar-refractivity contribution in [2.45, 2.75) is 84.7 Å². The highest BCUT2D eigenvalue weighted by Crippen LogP contribution is 2.36. The van der Waals surface area contributed by atoms with Gasteiger partial charge in [-0.15, -0.1) is 0 Å². The molecule has 2 aromatic heterocycles. The summed E-state index contributed by atoms with van der Waals surface area (Å²) in [5.41, 5.74) is 3.75. The van der Waals surface area contributed by atoms with Crippen LogP contribution in [0.4, 0.5) is 4.79 Å². The minimum atomic E-state index is -0.482. The van der Waals surface area contributed by atoms with E-state index in [0.717, 1.165) is 41.1 Å². The molecule has 1 aromatic carbocycles. The molecule has 9 nitrogen and oxygen atoms in total. The summed E-state index contributed by atoms with van der Waals surface area (Å²) in [7, 11) is -0.410. The second kappa shape index (κ2) is 10.5. The van der Waals surface area contributed by atoms with Crippen LogP contribution in [0.1, 0.15) is 78.5 Å². The second-order valence-corrected chi connectivity index (χ2v) is 13.0. The summed E-state index contributed by atoms with van der Waals surface area (Å²) in [5, 5.41) is 0. The van der Waals surface area contributed by atoms with Crippen molar-refractivity contribution in [2.75, 3.05) is 26.2 Å². The standard InChI is InChI=1S/C30H42BN5O4/c1-20(35-13-15-36(16-14-35)27(37)38-28(2,3)4)21-11-12-32-23(17-21)19-26-33-24-10-9-22(18-25(24)34-26)31-39-29(5,6)30(7,8)40-31/h9-12,17-18,20H,13-16,19H2,1-8H3,(H,33,34). The van der Waals surface area contributed by atoms with Crippen LogP contribution in [0.2, 0.25) is 0 Å². The van der Waals surface area contributed by atoms with Gasteiger partial charge < -0.3 is 23.9 Å². The van der Waals surface area contributed by atoms with Crippen LogP contribution in [0.5, 0.6) is 0 Å². The van der Waals surface area contributed by atoms with Crippen molar-refractivity contribution < 1.29 is 18.8 Å². The number of nitrogens with zero attached hydrogens (tertiary/aromatic N) is 4. The van der Waals surface area contributed by atoms with Crippen LogP contribution in [-0.2, 0) is 20.5 Å². The molecule has 0 bridgehead atoms. The number of amides is 1. The largest absolute Gasteiger partial charge is 0.494 e. The Morgan fingerprint density at radius 3 is 2.40 bits per heavy atom. The fourth-order valence-electron chi connectivity index (χ4n) is 5.14. The Labute approximate surface area is 237 Å². The Morgan fingerprint density at radius 2 is 1.75 bits per heavy atom. The molecule has 0 radical (unpaired) electrons. The molecule has 2 fully saturated rings. The number of nitrogens with one attached hydrogen (secondary N) is 1. The Bertz CT molecular complexity index is 1360. The van der Waals surface area contributed by atoms with Crippen LogP contribution < -0.4 is 5.46 Å². The summed E-state index contributed by atoms with van der Waals surface area (Å²) in [6.07, 6.45) is 2.24. The molecule has 1 unspecified atom stereocenters. The van der Waals surface area contributed by atoms with Crippen molar-refractivity contribution in [3.63, 3.8) is 0 Å². The lowest BCUT2D eigenvalue weighted by molar-refractivity contribution is 0.00578.